The zero-order valence-electron chi connectivity index (χ0n) is 7.07. The molecule has 0 unspecified atom stereocenters. The van der Waals surface area contributed by atoms with Crippen molar-refractivity contribution in [3.63, 3.8) is 0 Å². The Morgan fingerprint density at radius 1 is 1.29 bits per heavy atom. The van der Waals surface area contributed by atoms with E-state index in [9.17, 15) is 10.1 Å². The van der Waals surface area contributed by atoms with Gasteiger partial charge in [0.15, 0.2) is 6.10 Å². The highest BCUT2D eigenvalue weighted by atomic mass is 17.1. The normalized spacial score (nSPS) is 40.9. The predicted molar refractivity (Wildman–Crippen MR) is 38.8 cm³/mol. The van der Waals surface area contributed by atoms with Gasteiger partial charge in [0.1, 0.15) is 18.3 Å². The smallest absolute Gasteiger partial charge is 0.294 e. The van der Waals surface area contributed by atoms with Crippen LogP contribution in [0.25, 0.3) is 0 Å². The molecule has 8 heteroatoms. The lowest BCUT2D eigenvalue weighted by Crippen LogP contribution is -2.34. The molecule has 4 atom stereocenters. The number of hydrogen-bond donors (Lipinski definition) is 1. The second-order valence-electron chi connectivity index (χ2n) is 3.11. The fraction of sp³-hybridized carbons (Fsp3) is 1.00. The monoisotopic (exact) mass is 207 g/mol. The highest BCUT2D eigenvalue weighted by Gasteiger charge is 2.50. The first-order valence-electron chi connectivity index (χ1n) is 4.07. The van der Waals surface area contributed by atoms with E-state index in [-0.39, 0.29) is 13.2 Å². The van der Waals surface area contributed by atoms with E-state index in [0.29, 0.717) is 0 Å². The van der Waals surface area contributed by atoms with Crippen molar-refractivity contribution < 1.29 is 29.5 Å². The molecule has 0 spiro atoms. The molecule has 2 rings (SSSR count). The van der Waals surface area contributed by atoms with Crippen molar-refractivity contribution in [2.24, 2.45) is 0 Å². The van der Waals surface area contributed by atoms with Gasteiger partial charge in [-0.05, 0) is 0 Å². The van der Waals surface area contributed by atoms with E-state index in [4.69, 9.17) is 14.7 Å². The summed E-state index contributed by atoms with van der Waals surface area (Å²) in [6.07, 6.45) is -2.38. The second-order valence-corrected chi connectivity index (χ2v) is 3.11. The van der Waals surface area contributed by atoms with Gasteiger partial charge in [-0.2, -0.15) is 0 Å². The molecule has 0 saturated carbocycles. The summed E-state index contributed by atoms with van der Waals surface area (Å²) in [5.41, 5.74) is 0. The maximum absolute atomic E-state index is 10.1. The van der Waals surface area contributed by atoms with Gasteiger partial charge in [0.05, 0.1) is 13.2 Å². The minimum atomic E-state index is -0.882. The summed E-state index contributed by atoms with van der Waals surface area (Å²) in [4.78, 5) is 18.5. The van der Waals surface area contributed by atoms with E-state index < -0.39 is 29.5 Å². The van der Waals surface area contributed by atoms with Crippen LogP contribution in [0, 0.1) is 10.1 Å². The van der Waals surface area contributed by atoms with Gasteiger partial charge in [-0.3, -0.25) is 5.26 Å². The first kappa shape index (κ1) is 9.59. The van der Waals surface area contributed by atoms with Crippen molar-refractivity contribution in [2.45, 2.75) is 24.4 Å². The van der Waals surface area contributed by atoms with Gasteiger partial charge in [-0.1, -0.05) is 0 Å². The van der Waals surface area contributed by atoms with Gasteiger partial charge in [-0.25, -0.2) is 4.89 Å². The van der Waals surface area contributed by atoms with Crippen LogP contribution >= 0.6 is 0 Å². The summed E-state index contributed by atoms with van der Waals surface area (Å²) in [5, 5.41) is 17.7. The molecule has 0 radical (unpaired) electrons. The molecule has 2 saturated heterocycles. The summed E-state index contributed by atoms with van der Waals surface area (Å²) in [6.45, 7) is 0.208. The molecular formula is C6H9NO7. The lowest BCUT2D eigenvalue weighted by atomic mass is 10.1. The summed E-state index contributed by atoms with van der Waals surface area (Å²) in [7, 11) is 0. The van der Waals surface area contributed by atoms with Gasteiger partial charge >= 0.3 is 0 Å². The molecule has 1 N–H and O–H groups in total. The molecule has 0 amide bonds. The summed E-state index contributed by atoms with van der Waals surface area (Å²) in [5.74, 6) is 0. The van der Waals surface area contributed by atoms with Gasteiger partial charge in [-0.15, -0.1) is 10.1 Å². The zero-order chi connectivity index (χ0) is 10.1. The quantitative estimate of drug-likeness (QED) is 0.368. The molecule has 0 aromatic carbocycles. The summed E-state index contributed by atoms with van der Waals surface area (Å²) in [6, 6.07) is 0. The van der Waals surface area contributed by atoms with Crippen LogP contribution in [-0.4, -0.2) is 48.0 Å². The third kappa shape index (κ3) is 1.52. The summed E-state index contributed by atoms with van der Waals surface area (Å²) < 4.78 is 10.3. The van der Waals surface area contributed by atoms with E-state index in [1.165, 1.54) is 0 Å². The average molecular weight is 207 g/mol. The maximum atomic E-state index is 10.1. The Labute approximate surface area is 78.3 Å². The molecule has 0 aromatic heterocycles. The van der Waals surface area contributed by atoms with Crippen LogP contribution in [0.1, 0.15) is 0 Å². The SMILES string of the molecule is O=[N+]([O-])O[C@@H]1CO[C@H]2[C@@H]1OC[C@@H]2OO. The first-order valence-corrected chi connectivity index (χ1v) is 4.07. The van der Waals surface area contributed by atoms with E-state index in [1.54, 1.807) is 0 Å². The topological polar surface area (TPSA) is 100 Å². The number of ether oxygens (including phenoxy) is 2. The number of fused-ring (bicyclic) bond motifs is 1. The Morgan fingerprint density at radius 2 is 1.86 bits per heavy atom. The highest BCUT2D eigenvalue weighted by molar-refractivity contribution is 4.94. The Kier molecular flexibility index (Phi) is 2.50. The molecule has 2 heterocycles. The second kappa shape index (κ2) is 3.65. The van der Waals surface area contributed by atoms with Crippen LogP contribution in [0.4, 0.5) is 0 Å². The van der Waals surface area contributed by atoms with Crippen molar-refractivity contribution in [1.82, 2.24) is 0 Å². The molecule has 2 aliphatic heterocycles. The number of nitrogens with zero attached hydrogens (tertiary/aromatic N) is 1. The van der Waals surface area contributed by atoms with Gasteiger partial charge in [0.25, 0.3) is 5.09 Å². The standard InChI is InChI=1S/C6H9NO7/c8-7(9)13-3-1-11-6-4(14-10)2-12-5(3)6/h3-6,10H,1-2H2/t3-,4+,5-,6-/m1/s1. The van der Waals surface area contributed by atoms with Crippen LogP contribution in [0.2, 0.25) is 0 Å². The third-order valence-corrected chi connectivity index (χ3v) is 2.32. The lowest BCUT2D eigenvalue weighted by molar-refractivity contribution is -0.769. The Bertz CT molecular complexity index is 234. The molecular weight excluding hydrogens is 198 g/mol. The summed E-state index contributed by atoms with van der Waals surface area (Å²) >= 11 is 0. The molecule has 2 fully saturated rings. The van der Waals surface area contributed by atoms with Crippen LogP contribution in [0.5, 0.6) is 0 Å². The van der Waals surface area contributed by atoms with Crippen LogP contribution in [0.15, 0.2) is 0 Å². The third-order valence-electron chi connectivity index (χ3n) is 2.32. The highest BCUT2D eigenvalue weighted by Crippen LogP contribution is 2.29. The van der Waals surface area contributed by atoms with Crippen molar-refractivity contribution >= 4 is 0 Å². The Morgan fingerprint density at radius 3 is 2.43 bits per heavy atom. The van der Waals surface area contributed by atoms with Gasteiger partial charge in [0, 0.05) is 0 Å². The fourth-order valence-corrected chi connectivity index (χ4v) is 1.72. The minimum absolute atomic E-state index is 0.0656. The van der Waals surface area contributed by atoms with E-state index in [2.05, 4.69) is 9.73 Å². The Hall–Kier alpha value is -0.960. The van der Waals surface area contributed by atoms with Crippen LogP contribution < -0.4 is 0 Å². The van der Waals surface area contributed by atoms with E-state index >= 15 is 0 Å². The van der Waals surface area contributed by atoms with Crippen molar-refractivity contribution in [3.8, 4) is 0 Å². The number of rotatable bonds is 3. The molecule has 80 valence electrons. The van der Waals surface area contributed by atoms with Crippen molar-refractivity contribution in [2.75, 3.05) is 13.2 Å². The molecule has 0 bridgehead atoms. The lowest BCUT2D eigenvalue weighted by Gasteiger charge is -2.13. The van der Waals surface area contributed by atoms with E-state index in [1.807, 2.05) is 0 Å². The van der Waals surface area contributed by atoms with Crippen LogP contribution in [0.3, 0.4) is 0 Å². The van der Waals surface area contributed by atoms with Gasteiger partial charge in [0.2, 0.25) is 0 Å². The Balaban J connectivity index is 1.97. The molecule has 8 nitrogen and oxygen atoms in total. The first-order chi connectivity index (χ1) is 6.72. The van der Waals surface area contributed by atoms with Crippen LogP contribution in [-0.2, 0) is 19.2 Å². The van der Waals surface area contributed by atoms with Gasteiger partial charge < -0.3 is 14.3 Å². The zero-order valence-corrected chi connectivity index (χ0v) is 7.07. The molecule has 2 aliphatic rings. The van der Waals surface area contributed by atoms with Crippen molar-refractivity contribution in [3.05, 3.63) is 10.1 Å². The molecule has 0 aliphatic carbocycles. The predicted octanol–water partition coefficient (Wildman–Crippen LogP) is -0.781. The van der Waals surface area contributed by atoms with E-state index in [0.717, 1.165) is 0 Å². The minimum Gasteiger partial charge on any atom is -0.370 e. The fourth-order valence-electron chi connectivity index (χ4n) is 1.72. The average Bonchev–Trinajstić information content (AvgIpc) is 2.67. The largest absolute Gasteiger partial charge is 0.370 e. The van der Waals surface area contributed by atoms with Crippen molar-refractivity contribution in [1.29, 1.82) is 0 Å². The number of hydrogen-bond acceptors (Lipinski definition) is 7. The maximum Gasteiger partial charge on any atom is 0.294 e. The molecule has 0 aromatic rings. The molecule has 14 heavy (non-hydrogen) atoms.